The molecule has 0 bridgehead atoms. The number of nitrogens with zero attached hydrogens (tertiary/aromatic N) is 4. The van der Waals surface area contributed by atoms with Crippen LogP contribution < -0.4 is 67.9 Å². The van der Waals surface area contributed by atoms with Gasteiger partial charge in [0.25, 0.3) is 5.91 Å². The maximum Gasteiger partial charge on any atom is 0.354 e. The number of carboxylic acid groups (broad SMARTS) is 2. The van der Waals surface area contributed by atoms with Gasteiger partial charge in [-0.2, -0.15) is 0 Å². The van der Waals surface area contributed by atoms with Gasteiger partial charge in [0.05, 0.1) is 143 Å². The summed E-state index contributed by atoms with van der Waals surface area (Å²) in [6.07, 6.45) is 5.78. The van der Waals surface area contributed by atoms with Crippen LogP contribution in [0.1, 0.15) is 117 Å². The van der Waals surface area contributed by atoms with Crippen LogP contribution in [-0.4, -0.2) is 183 Å². The molecule has 1 atom stereocenters. The van der Waals surface area contributed by atoms with Crippen molar-refractivity contribution in [2.75, 3.05) is 119 Å². The molecule has 135 heavy (non-hydrogen) atoms. The molecule has 6 aromatic heterocycles. The molecule has 1 amide bonds. The van der Waals surface area contributed by atoms with Crippen LogP contribution in [0.5, 0.6) is 69.0 Å². The van der Waals surface area contributed by atoms with Crippen LogP contribution in [0.25, 0.3) is 65.1 Å². The van der Waals surface area contributed by atoms with E-state index in [2.05, 4.69) is 152 Å². The number of aromatic carboxylic acids is 1. The number of carboxylic acids is 2. The SMILES string of the molecule is CCN(C(=O)c1cc(-c2cccs2)c2n1CCc1c-2cc(OC)c(OC)c1Br)C(C)C.CCOC(=O)c1cc(-c2cccs2)c2n1CCc1c-2cc(OC)c(OC)c1Br.COC(=O)CCCc1ccc(OC)c(OC)c1Br.COc1cc2c(c(Br)c1OC)CCNC2C(=O)O.COc1cc2c(c(Br)c1OC)CCn1c(C(=O)O)cc(-c3cccs3)c1-2.COc1ccc(CCN)c(Br)c1OC. The standard InChI is InChI=1S/C24H27BrN2O3S.C21H20BrNO4S.C19H16BrNO4S.C13H17BrO4.C12H14BrNO4.C10H14BrNO2/c1-6-26(14(2)3)24(28)18-12-17(20-8-7-11-31-20)22-16-13-19(29-4)23(30-5)21(25)15(16)9-10-27(18)22;1-4-27-21(24)15-10-14(17-6-5-9-28-17)19-13-11-16(25-2)20(26-3)18(22)12(13)7-8-23(15)19;1-24-14-9-11-10(16(20)18(14)25-2)5-6-21-13(19(22)23)8-12(17(11)21)15-4-3-7-26-15;1-16-10-8-7-9(12(14)13(10)18-3)5-4-6-11(15)17-2;1-17-8-5-7-6(9(13)11(8)18-2)3-4-14-10(7)12(15)16;1-13-8-4-3-7(5-6-12)9(11)10(8)14-2/h7-8,11-14H,6,9-10H2,1-5H3;5-6,9-11H,4,7-8H2,1-3H3;3-4,7-9H,5-6H2,1-2H3,(H,22,23);7-8H,4-6H2,1-3H3;5,10,14H,3-4H2,1-2H3,(H,15,16);3-4H,5-6,12H2,1-2H3. The summed E-state index contributed by atoms with van der Waals surface area (Å²) in [4.78, 5) is 65.4. The highest BCUT2D eigenvalue weighted by Crippen LogP contribution is 2.54. The fourth-order valence-electron chi connectivity index (χ4n) is 16.8. The minimum absolute atomic E-state index is 0.0737. The largest absolute Gasteiger partial charge is 0.493 e. The lowest BCUT2D eigenvalue weighted by Gasteiger charge is -2.28. The molecule has 0 fully saturated rings. The normalized spacial score (nSPS) is 12.6. The number of nitrogens with two attached hydrogens (primary N) is 1. The first-order chi connectivity index (χ1) is 65.1. The third-order valence-electron chi connectivity index (χ3n) is 23.1. The molecule has 12 aromatic rings. The Balaban J connectivity index is 0.000000159. The minimum atomic E-state index is -0.919. The molecule has 16 rings (SSSR count). The molecule has 27 nitrogen and oxygen atoms in total. The molecular weight excluding hydrogens is 2180 g/mol. The zero-order valence-corrected chi connectivity index (χ0v) is 89.8. The van der Waals surface area contributed by atoms with Crippen molar-refractivity contribution in [2.45, 2.75) is 111 Å². The predicted octanol–water partition coefficient (Wildman–Crippen LogP) is 23.1. The smallest absolute Gasteiger partial charge is 0.354 e. The molecule has 36 heteroatoms. The first kappa shape index (κ1) is 105. The summed E-state index contributed by atoms with van der Waals surface area (Å²) in [5.74, 6) is 5.68. The number of carbonyl (C=O) groups excluding carboxylic acids is 3. The van der Waals surface area contributed by atoms with Gasteiger partial charge in [-0.1, -0.05) is 30.3 Å². The maximum atomic E-state index is 13.5. The molecule has 0 saturated heterocycles. The van der Waals surface area contributed by atoms with E-state index in [4.69, 9.17) is 67.3 Å². The van der Waals surface area contributed by atoms with Gasteiger partial charge in [-0.15, -0.1) is 34.0 Å². The van der Waals surface area contributed by atoms with E-state index in [0.717, 1.165) is 188 Å². The first-order valence-corrected chi connectivity index (χ1v) is 50.3. The van der Waals surface area contributed by atoms with Crippen molar-refractivity contribution in [1.29, 1.82) is 0 Å². The number of fused-ring (bicyclic) bond motifs is 10. The van der Waals surface area contributed by atoms with E-state index in [1.165, 1.54) is 19.8 Å². The molecule has 5 N–H and O–H groups in total. The fourth-order valence-corrected chi connectivity index (χ4v) is 23.5. The van der Waals surface area contributed by atoms with Crippen LogP contribution in [0.15, 0.2) is 146 Å². The lowest BCUT2D eigenvalue weighted by atomic mass is 9.93. The average Bonchev–Trinajstić information content (AvgIpc) is 1.60. The third kappa shape index (κ3) is 22.6. The van der Waals surface area contributed by atoms with E-state index in [1.54, 1.807) is 124 Å². The number of aryl methyl sites for hydroxylation is 1. The van der Waals surface area contributed by atoms with Crippen LogP contribution in [0.2, 0.25) is 0 Å². The van der Waals surface area contributed by atoms with Crippen LogP contribution in [0, 0.1) is 0 Å². The summed E-state index contributed by atoms with van der Waals surface area (Å²) in [7, 11) is 20.7. The minimum Gasteiger partial charge on any atom is -0.493 e. The van der Waals surface area contributed by atoms with Crippen molar-refractivity contribution in [3.05, 3.63) is 202 Å². The monoisotopic (exact) mass is 2290 g/mol. The molecule has 4 aliphatic rings. The number of hydrogen-bond donors (Lipinski definition) is 4. The molecule has 6 aromatic carbocycles. The molecule has 720 valence electrons. The number of benzene rings is 6. The van der Waals surface area contributed by atoms with Crippen molar-refractivity contribution in [3.63, 3.8) is 0 Å². The number of hydrogen-bond acceptors (Lipinski definition) is 24. The Morgan fingerprint density at radius 3 is 1.17 bits per heavy atom. The number of nitrogens with one attached hydrogen (secondary N) is 1. The molecular formula is C99H108Br6N6O21S3. The van der Waals surface area contributed by atoms with Gasteiger partial charge in [-0.05, 0) is 303 Å². The summed E-state index contributed by atoms with van der Waals surface area (Å²) in [5, 5.41) is 28.0. The molecule has 0 aliphatic carbocycles. The highest BCUT2D eigenvalue weighted by molar-refractivity contribution is 9.11. The van der Waals surface area contributed by atoms with Crippen molar-refractivity contribution >= 4 is 159 Å². The number of thiophene rings is 3. The van der Waals surface area contributed by atoms with Crippen LogP contribution in [-0.2, 0) is 77.2 Å². The number of esters is 2. The Bertz CT molecular complexity index is 6230. The Morgan fingerprint density at radius 2 is 0.822 bits per heavy atom. The molecule has 4 aliphatic heterocycles. The Kier molecular flexibility index (Phi) is 38.2. The van der Waals surface area contributed by atoms with Crippen LogP contribution >= 0.6 is 130 Å². The first-order valence-electron chi connectivity index (χ1n) is 42.9. The van der Waals surface area contributed by atoms with Gasteiger partial charge >= 0.3 is 23.9 Å². The van der Waals surface area contributed by atoms with Crippen molar-refractivity contribution < 1.29 is 101 Å². The molecule has 1 unspecified atom stereocenters. The summed E-state index contributed by atoms with van der Waals surface area (Å²) in [5.41, 5.74) is 23.5. The average molecular weight is 2290 g/mol. The van der Waals surface area contributed by atoms with Gasteiger partial charge in [-0.25, -0.2) is 9.59 Å². The molecule has 0 saturated carbocycles. The van der Waals surface area contributed by atoms with Crippen molar-refractivity contribution in [2.24, 2.45) is 5.73 Å². The number of amides is 1. The fraction of sp³-hybridized carbons (Fsp3) is 0.343. The zero-order valence-electron chi connectivity index (χ0n) is 77.8. The Labute approximate surface area is 847 Å². The molecule has 0 radical (unpaired) electrons. The number of ether oxygens (including phenoxy) is 14. The van der Waals surface area contributed by atoms with Gasteiger partial charge < -0.3 is 106 Å². The van der Waals surface area contributed by atoms with Gasteiger partial charge in [0, 0.05) is 93.2 Å². The van der Waals surface area contributed by atoms with Crippen molar-refractivity contribution in [1.82, 2.24) is 23.9 Å². The predicted molar refractivity (Wildman–Crippen MR) is 549 cm³/mol. The number of halogens is 6. The topological polar surface area (TPSA) is 311 Å². The summed E-state index contributed by atoms with van der Waals surface area (Å²) in [6.45, 7) is 12.3. The van der Waals surface area contributed by atoms with Crippen LogP contribution in [0.4, 0.5) is 0 Å². The number of carbonyl (C=O) groups is 5. The Hall–Kier alpha value is -9.99. The summed E-state index contributed by atoms with van der Waals surface area (Å²) in [6, 6.07) is 32.8. The molecule has 10 heterocycles. The highest BCUT2D eigenvalue weighted by atomic mass is 79.9. The maximum absolute atomic E-state index is 13.5. The second-order valence-electron chi connectivity index (χ2n) is 30.6. The summed E-state index contributed by atoms with van der Waals surface area (Å²) >= 11 is 26.5. The van der Waals surface area contributed by atoms with E-state index < -0.39 is 18.0 Å². The second kappa shape index (κ2) is 48.8. The van der Waals surface area contributed by atoms with Gasteiger partial charge in [0.15, 0.2) is 69.0 Å². The van der Waals surface area contributed by atoms with Gasteiger partial charge in [-0.3, -0.25) is 14.4 Å². The number of rotatable bonds is 28. The lowest BCUT2D eigenvalue weighted by Crippen LogP contribution is -2.38. The zero-order chi connectivity index (χ0) is 97.9. The summed E-state index contributed by atoms with van der Waals surface area (Å²) < 4.78 is 86.1. The van der Waals surface area contributed by atoms with E-state index in [9.17, 15) is 34.2 Å². The van der Waals surface area contributed by atoms with E-state index in [-0.39, 0.29) is 23.9 Å². The molecule has 0 spiro atoms. The lowest BCUT2D eigenvalue weighted by molar-refractivity contribution is -0.141. The van der Waals surface area contributed by atoms with E-state index in [0.29, 0.717) is 121 Å². The Morgan fingerprint density at radius 1 is 0.452 bits per heavy atom. The highest BCUT2D eigenvalue weighted by Gasteiger charge is 2.37. The van der Waals surface area contributed by atoms with Gasteiger partial charge in [0.2, 0.25) is 0 Å². The third-order valence-corrected chi connectivity index (χ3v) is 30.9. The number of aliphatic carboxylic acids is 1. The van der Waals surface area contributed by atoms with E-state index >= 15 is 0 Å². The van der Waals surface area contributed by atoms with Crippen LogP contribution in [0.3, 0.4) is 0 Å². The second-order valence-corrected chi connectivity index (χ2v) is 38.2. The number of aromatic nitrogens is 3. The van der Waals surface area contributed by atoms with Gasteiger partial charge in [0.1, 0.15) is 23.1 Å². The van der Waals surface area contributed by atoms with Crippen molar-refractivity contribution in [3.8, 4) is 134 Å². The van der Waals surface area contributed by atoms with E-state index in [1.807, 2.05) is 107 Å². The quantitative estimate of drug-likeness (QED) is 0.0331. The number of methoxy groups -OCH3 is 13.